The van der Waals surface area contributed by atoms with Gasteiger partial charge in [-0.25, -0.2) is 0 Å². The molecule has 0 radical (unpaired) electrons. The highest BCUT2D eigenvalue weighted by Gasteiger charge is 2.30. The summed E-state index contributed by atoms with van der Waals surface area (Å²) in [6.45, 7) is 8.84. The van der Waals surface area contributed by atoms with E-state index in [1.54, 1.807) is 0 Å². The first-order chi connectivity index (χ1) is 15.0. The second-order valence-corrected chi connectivity index (χ2v) is 9.45. The molecule has 182 valence electrons. The summed E-state index contributed by atoms with van der Waals surface area (Å²) in [6, 6.07) is 0. The predicted molar refractivity (Wildman–Crippen MR) is 129 cm³/mol. The van der Waals surface area contributed by atoms with Crippen LogP contribution in [0.2, 0.25) is 0 Å². The van der Waals surface area contributed by atoms with Gasteiger partial charge in [0, 0.05) is 5.92 Å². The Kier molecular flexibility index (Phi) is 15.2. The highest BCUT2D eigenvalue weighted by atomic mass is 16.5. The zero-order chi connectivity index (χ0) is 23.1. The number of ether oxygens (including phenoxy) is 1. The van der Waals surface area contributed by atoms with Crippen LogP contribution in [0, 0.1) is 17.8 Å². The minimum Gasteiger partial charge on any atom is -0.466 e. The molecule has 0 aromatic carbocycles. The lowest BCUT2D eigenvalue weighted by molar-refractivity contribution is -0.150. The molecule has 31 heavy (non-hydrogen) atoms. The van der Waals surface area contributed by atoms with Gasteiger partial charge >= 0.3 is 5.97 Å². The van der Waals surface area contributed by atoms with Gasteiger partial charge in [-0.05, 0) is 51.4 Å². The van der Waals surface area contributed by atoms with Crippen LogP contribution < -0.4 is 0 Å². The molecule has 0 spiro atoms. The molecule has 0 aromatic rings. The maximum atomic E-state index is 12.4. The van der Waals surface area contributed by atoms with Crippen molar-refractivity contribution in [3.05, 3.63) is 11.6 Å². The molecule has 0 aliphatic heterocycles. The molecule has 4 nitrogen and oxygen atoms in total. The smallest absolute Gasteiger partial charge is 0.309 e. The predicted octanol–water partition coefficient (Wildman–Crippen LogP) is 6.58. The van der Waals surface area contributed by atoms with Crippen LogP contribution >= 0.6 is 0 Å². The van der Waals surface area contributed by atoms with Crippen molar-refractivity contribution in [3.8, 4) is 0 Å². The Morgan fingerprint density at radius 3 is 2.42 bits per heavy atom. The number of rotatable bonds is 17. The fraction of sp³-hybridized carbons (Fsp3) is 0.889. The third kappa shape index (κ3) is 10.5. The van der Waals surface area contributed by atoms with E-state index in [4.69, 9.17) is 4.74 Å². The number of carbonyl (C=O) groups is 1. The molecule has 1 rings (SSSR count). The Morgan fingerprint density at radius 1 is 1.06 bits per heavy atom. The lowest BCUT2D eigenvalue weighted by Gasteiger charge is -2.23. The number of hydrogen-bond donors (Lipinski definition) is 2. The van der Waals surface area contributed by atoms with Gasteiger partial charge in [-0.15, -0.1) is 0 Å². The normalized spacial score (nSPS) is 22.2. The first-order valence-electron chi connectivity index (χ1n) is 13.2. The minimum atomic E-state index is -0.248. The van der Waals surface area contributed by atoms with Gasteiger partial charge in [0.25, 0.3) is 0 Å². The molecule has 0 bridgehead atoms. The molecular weight excluding hydrogens is 388 g/mol. The van der Waals surface area contributed by atoms with Crippen molar-refractivity contribution in [2.75, 3.05) is 6.61 Å². The molecular formula is C27H50O4. The van der Waals surface area contributed by atoms with Crippen molar-refractivity contribution < 1.29 is 19.7 Å². The van der Waals surface area contributed by atoms with Gasteiger partial charge in [-0.3, -0.25) is 4.79 Å². The second kappa shape index (κ2) is 16.7. The molecule has 2 N–H and O–H groups in total. The zero-order valence-corrected chi connectivity index (χ0v) is 20.8. The minimum absolute atomic E-state index is 0.0230. The molecule has 4 atom stereocenters. The van der Waals surface area contributed by atoms with Crippen LogP contribution in [-0.2, 0) is 9.53 Å². The summed E-state index contributed by atoms with van der Waals surface area (Å²) in [4.78, 5) is 12.4. The van der Waals surface area contributed by atoms with E-state index >= 15 is 0 Å². The van der Waals surface area contributed by atoms with Crippen molar-refractivity contribution in [1.82, 2.24) is 0 Å². The van der Waals surface area contributed by atoms with Crippen LogP contribution in [0.15, 0.2) is 11.6 Å². The number of esters is 1. The van der Waals surface area contributed by atoms with E-state index in [2.05, 4.69) is 26.8 Å². The molecule has 1 aliphatic carbocycles. The van der Waals surface area contributed by atoms with Gasteiger partial charge in [0.1, 0.15) is 0 Å². The Hall–Kier alpha value is -0.870. The summed E-state index contributed by atoms with van der Waals surface area (Å²) >= 11 is 0. The maximum absolute atomic E-state index is 12.4. The second-order valence-electron chi connectivity index (χ2n) is 9.45. The molecule has 4 heteroatoms. The number of hydrogen-bond acceptors (Lipinski definition) is 4. The van der Waals surface area contributed by atoms with E-state index in [0.717, 1.165) is 77.0 Å². The standard InChI is InChI=1S/C27H50O4/c1-5-9-11-14-23(28)19-17-22-18-20-26(29)24(22)15-12-10-13-16-25(21(6-2)7-3)27(30)31-8-4/h17,21,23-26,28-29H,5-16,18-20H2,1-4H3/t23?,24-,25?,26+/m1/s1. The molecule has 0 saturated heterocycles. The average Bonchev–Trinajstić information content (AvgIpc) is 3.11. The molecule has 2 unspecified atom stereocenters. The summed E-state index contributed by atoms with van der Waals surface area (Å²) < 4.78 is 5.33. The maximum Gasteiger partial charge on any atom is 0.309 e. The number of unbranched alkanes of at least 4 members (excludes halogenated alkanes) is 4. The van der Waals surface area contributed by atoms with Crippen molar-refractivity contribution in [1.29, 1.82) is 0 Å². The third-order valence-corrected chi connectivity index (χ3v) is 7.20. The largest absolute Gasteiger partial charge is 0.466 e. The van der Waals surface area contributed by atoms with E-state index in [-0.39, 0.29) is 30.0 Å². The monoisotopic (exact) mass is 438 g/mol. The Balaban J connectivity index is 2.43. The van der Waals surface area contributed by atoms with E-state index in [1.807, 2.05) is 6.92 Å². The van der Waals surface area contributed by atoms with Gasteiger partial charge in [0.15, 0.2) is 0 Å². The molecule has 1 saturated carbocycles. The van der Waals surface area contributed by atoms with E-state index in [9.17, 15) is 15.0 Å². The first kappa shape index (κ1) is 28.2. The fourth-order valence-electron chi connectivity index (χ4n) is 5.17. The quantitative estimate of drug-likeness (QED) is 0.153. The lowest BCUT2D eigenvalue weighted by atomic mass is 9.83. The topological polar surface area (TPSA) is 66.8 Å². The van der Waals surface area contributed by atoms with Gasteiger partial charge < -0.3 is 14.9 Å². The molecule has 1 fully saturated rings. The summed E-state index contributed by atoms with van der Waals surface area (Å²) in [5.41, 5.74) is 1.35. The number of aliphatic hydroxyl groups is 2. The number of aliphatic hydroxyl groups excluding tert-OH is 2. The van der Waals surface area contributed by atoms with Gasteiger partial charge in [-0.1, -0.05) is 83.8 Å². The summed E-state index contributed by atoms with van der Waals surface area (Å²) in [7, 11) is 0. The van der Waals surface area contributed by atoms with Gasteiger partial charge in [0.05, 0.1) is 24.7 Å². The van der Waals surface area contributed by atoms with Crippen LogP contribution in [0.25, 0.3) is 0 Å². The summed E-state index contributed by atoms with van der Waals surface area (Å²) in [5.74, 6) is 0.665. The highest BCUT2D eigenvalue weighted by molar-refractivity contribution is 5.72. The third-order valence-electron chi connectivity index (χ3n) is 7.20. The molecule has 0 aromatic heterocycles. The van der Waals surface area contributed by atoms with E-state index < -0.39 is 0 Å². The highest BCUT2D eigenvalue weighted by Crippen LogP contribution is 2.36. The van der Waals surface area contributed by atoms with Gasteiger partial charge in [0.2, 0.25) is 0 Å². The van der Waals surface area contributed by atoms with Crippen molar-refractivity contribution in [2.45, 2.75) is 130 Å². The van der Waals surface area contributed by atoms with Crippen molar-refractivity contribution in [2.24, 2.45) is 17.8 Å². The fourth-order valence-corrected chi connectivity index (χ4v) is 5.17. The summed E-state index contributed by atoms with van der Waals surface area (Å²) in [5, 5.41) is 20.7. The molecule has 1 aliphatic rings. The molecule has 0 heterocycles. The lowest BCUT2D eigenvalue weighted by Crippen LogP contribution is -2.25. The Labute approximate surface area is 191 Å². The van der Waals surface area contributed by atoms with Gasteiger partial charge in [-0.2, -0.15) is 0 Å². The number of carbonyl (C=O) groups excluding carboxylic acids is 1. The van der Waals surface area contributed by atoms with Crippen LogP contribution in [0.5, 0.6) is 0 Å². The SMILES string of the molecule is CCCCCC(O)CC=C1CC[C@H](O)[C@@H]1CCCCCC(C(=O)OCC)C(CC)CC. The van der Waals surface area contributed by atoms with E-state index in [0.29, 0.717) is 12.5 Å². The average molecular weight is 439 g/mol. The van der Waals surface area contributed by atoms with E-state index in [1.165, 1.54) is 18.4 Å². The summed E-state index contributed by atoms with van der Waals surface area (Å²) in [6.07, 6.45) is 15.8. The van der Waals surface area contributed by atoms with Crippen LogP contribution in [0.3, 0.4) is 0 Å². The van der Waals surface area contributed by atoms with Crippen molar-refractivity contribution >= 4 is 5.97 Å². The Bertz CT molecular complexity index is 497. The zero-order valence-electron chi connectivity index (χ0n) is 20.8. The van der Waals surface area contributed by atoms with Crippen LogP contribution in [0.1, 0.15) is 118 Å². The van der Waals surface area contributed by atoms with Crippen molar-refractivity contribution in [3.63, 3.8) is 0 Å². The van der Waals surface area contributed by atoms with Crippen LogP contribution in [0.4, 0.5) is 0 Å². The first-order valence-corrected chi connectivity index (χ1v) is 13.2. The Morgan fingerprint density at radius 2 is 1.77 bits per heavy atom. The molecule has 0 amide bonds. The van der Waals surface area contributed by atoms with Crippen LogP contribution in [-0.4, -0.2) is 35.0 Å².